The van der Waals surface area contributed by atoms with E-state index >= 15 is 0 Å². The van der Waals surface area contributed by atoms with Crippen molar-refractivity contribution in [3.8, 4) is 0 Å². The minimum atomic E-state index is -0.325. The minimum Gasteiger partial charge on any atom is -0.341 e. The Labute approximate surface area is 195 Å². The molecular weight excluding hydrogens is 441 g/mol. The van der Waals surface area contributed by atoms with E-state index in [0.29, 0.717) is 29.4 Å². The highest BCUT2D eigenvalue weighted by atomic mass is 32.2. The third kappa shape index (κ3) is 4.93. The Balaban J connectivity index is 1.59. The molecule has 0 unspecified atom stereocenters. The number of nitrogens with zero attached hydrogens (tertiary/aromatic N) is 5. The maximum Gasteiger partial charge on any atom is 0.262 e. The molecule has 9 heteroatoms. The van der Waals surface area contributed by atoms with E-state index in [4.69, 9.17) is 0 Å². The van der Waals surface area contributed by atoms with Crippen molar-refractivity contribution in [1.29, 1.82) is 0 Å². The molecule has 2 heterocycles. The van der Waals surface area contributed by atoms with Crippen LogP contribution < -0.4 is 5.56 Å². The summed E-state index contributed by atoms with van der Waals surface area (Å²) >= 11 is 1.27. The second-order valence-electron chi connectivity index (χ2n) is 7.97. The number of para-hydroxylation sites is 1. The van der Waals surface area contributed by atoms with Gasteiger partial charge in [0.1, 0.15) is 5.82 Å². The van der Waals surface area contributed by atoms with Crippen LogP contribution in [0.5, 0.6) is 0 Å². The van der Waals surface area contributed by atoms with Gasteiger partial charge in [0.25, 0.3) is 5.56 Å². The molecule has 7 nitrogen and oxygen atoms in total. The van der Waals surface area contributed by atoms with Gasteiger partial charge in [-0.05, 0) is 36.2 Å². The fourth-order valence-corrected chi connectivity index (χ4v) is 4.66. The molecule has 0 spiro atoms. The highest BCUT2D eigenvalue weighted by Crippen LogP contribution is 2.22. The Hall–Kier alpha value is -3.20. The molecule has 33 heavy (non-hydrogen) atoms. The van der Waals surface area contributed by atoms with Crippen LogP contribution in [0.15, 0.2) is 58.5 Å². The van der Waals surface area contributed by atoms with E-state index in [0.717, 1.165) is 30.3 Å². The number of aryl methyl sites for hydroxylation is 1. The Morgan fingerprint density at radius 3 is 2.73 bits per heavy atom. The van der Waals surface area contributed by atoms with Crippen LogP contribution in [-0.2, 0) is 17.9 Å². The second-order valence-corrected chi connectivity index (χ2v) is 8.91. The zero-order valence-corrected chi connectivity index (χ0v) is 19.5. The largest absolute Gasteiger partial charge is 0.341 e. The molecule has 0 fully saturated rings. The number of amides is 1. The number of halogens is 1. The Morgan fingerprint density at radius 2 is 1.94 bits per heavy atom. The standard InChI is InChI=1S/C24H26FN5O2S/c1-3-4-7-13-29-22(32)19-11-5-6-12-20(19)30-23(29)26-27-24(30)33-16-21(31)28(2)15-17-9-8-10-18(25)14-17/h5-6,8-12,14H,3-4,7,13,15-16H2,1-2H3. The van der Waals surface area contributed by atoms with E-state index in [9.17, 15) is 14.0 Å². The minimum absolute atomic E-state index is 0.0796. The highest BCUT2D eigenvalue weighted by molar-refractivity contribution is 7.99. The number of benzene rings is 2. The van der Waals surface area contributed by atoms with Crippen molar-refractivity contribution in [3.05, 3.63) is 70.3 Å². The van der Waals surface area contributed by atoms with Gasteiger partial charge in [0, 0.05) is 20.1 Å². The molecule has 2 aromatic carbocycles. The van der Waals surface area contributed by atoms with Gasteiger partial charge in [0.05, 0.1) is 16.7 Å². The molecule has 4 aromatic rings. The van der Waals surface area contributed by atoms with Crippen LogP contribution in [0.3, 0.4) is 0 Å². The number of hydrogen-bond donors (Lipinski definition) is 0. The summed E-state index contributed by atoms with van der Waals surface area (Å²) in [4.78, 5) is 27.4. The summed E-state index contributed by atoms with van der Waals surface area (Å²) in [6, 6.07) is 13.6. The first kappa shape index (κ1) is 23.0. The SMILES string of the molecule is CCCCCn1c(=O)c2ccccc2n2c(SCC(=O)N(C)Cc3cccc(F)c3)nnc12. The van der Waals surface area contributed by atoms with Crippen LogP contribution in [0.25, 0.3) is 16.7 Å². The summed E-state index contributed by atoms with van der Waals surface area (Å²) in [5, 5.41) is 9.74. The molecular formula is C24H26FN5O2S. The van der Waals surface area contributed by atoms with Gasteiger partial charge in [0.15, 0.2) is 5.16 Å². The van der Waals surface area contributed by atoms with Crippen molar-refractivity contribution in [3.63, 3.8) is 0 Å². The lowest BCUT2D eigenvalue weighted by atomic mass is 10.2. The van der Waals surface area contributed by atoms with Gasteiger partial charge >= 0.3 is 0 Å². The average Bonchev–Trinajstić information content (AvgIpc) is 3.23. The first-order valence-corrected chi connectivity index (χ1v) is 12.0. The predicted octanol–water partition coefficient (Wildman–Crippen LogP) is 4.12. The van der Waals surface area contributed by atoms with E-state index in [1.54, 1.807) is 34.7 Å². The third-order valence-corrected chi connectivity index (χ3v) is 6.44. The zero-order valence-electron chi connectivity index (χ0n) is 18.7. The van der Waals surface area contributed by atoms with Gasteiger partial charge in [0.2, 0.25) is 11.7 Å². The van der Waals surface area contributed by atoms with Gasteiger partial charge in [-0.15, -0.1) is 10.2 Å². The fourth-order valence-electron chi connectivity index (χ4n) is 3.78. The number of carbonyl (C=O) groups is 1. The first-order valence-electron chi connectivity index (χ1n) is 11.0. The number of rotatable bonds is 9. The Kier molecular flexibility index (Phi) is 7.08. The Bertz CT molecular complexity index is 1350. The molecule has 0 aliphatic heterocycles. The normalized spacial score (nSPS) is 11.4. The number of fused-ring (bicyclic) bond motifs is 3. The van der Waals surface area contributed by atoms with Crippen LogP contribution in [0.4, 0.5) is 4.39 Å². The van der Waals surface area contributed by atoms with Crippen LogP contribution in [0, 0.1) is 5.82 Å². The summed E-state index contributed by atoms with van der Waals surface area (Å²) in [5.41, 5.74) is 1.37. The summed E-state index contributed by atoms with van der Waals surface area (Å²) in [7, 11) is 1.69. The summed E-state index contributed by atoms with van der Waals surface area (Å²) in [6.07, 6.45) is 2.95. The van der Waals surface area contributed by atoms with Crippen molar-refractivity contribution >= 4 is 34.3 Å². The summed E-state index contributed by atoms with van der Waals surface area (Å²) < 4.78 is 17.0. The summed E-state index contributed by atoms with van der Waals surface area (Å²) in [5.74, 6) is 0.199. The molecule has 0 saturated carbocycles. The maximum absolute atomic E-state index is 13.4. The number of aromatic nitrogens is 4. The molecule has 172 valence electrons. The van der Waals surface area contributed by atoms with E-state index in [-0.39, 0.29) is 23.0 Å². The molecule has 0 radical (unpaired) electrons. The lowest BCUT2D eigenvalue weighted by molar-refractivity contribution is -0.127. The quantitative estimate of drug-likeness (QED) is 0.273. The van der Waals surface area contributed by atoms with Crippen molar-refractivity contribution in [2.75, 3.05) is 12.8 Å². The van der Waals surface area contributed by atoms with Crippen molar-refractivity contribution in [1.82, 2.24) is 24.1 Å². The fraction of sp³-hybridized carbons (Fsp3) is 0.333. The number of thioether (sulfide) groups is 1. The van der Waals surface area contributed by atoms with Crippen LogP contribution in [0.1, 0.15) is 31.7 Å². The van der Waals surface area contributed by atoms with Gasteiger partial charge in [-0.2, -0.15) is 0 Å². The van der Waals surface area contributed by atoms with Crippen LogP contribution in [0.2, 0.25) is 0 Å². The summed E-state index contributed by atoms with van der Waals surface area (Å²) in [6.45, 7) is 3.00. The average molecular weight is 468 g/mol. The topological polar surface area (TPSA) is 72.5 Å². The monoisotopic (exact) mass is 467 g/mol. The molecule has 1 amide bonds. The molecule has 0 aliphatic carbocycles. The van der Waals surface area contributed by atoms with Gasteiger partial charge in [-0.3, -0.25) is 18.6 Å². The smallest absolute Gasteiger partial charge is 0.262 e. The number of unbranched alkanes of at least 4 members (excludes halogenated alkanes) is 2. The van der Waals surface area contributed by atoms with Crippen LogP contribution >= 0.6 is 11.8 Å². The molecule has 0 saturated heterocycles. The molecule has 4 rings (SSSR count). The van der Waals surface area contributed by atoms with Crippen molar-refractivity contribution in [2.45, 2.75) is 44.4 Å². The molecule has 0 N–H and O–H groups in total. The first-order chi connectivity index (χ1) is 16.0. The van der Waals surface area contributed by atoms with Crippen molar-refractivity contribution < 1.29 is 9.18 Å². The number of hydrogen-bond acceptors (Lipinski definition) is 5. The zero-order chi connectivity index (χ0) is 23.4. The second kappa shape index (κ2) is 10.2. The highest BCUT2D eigenvalue weighted by Gasteiger charge is 2.18. The third-order valence-electron chi connectivity index (χ3n) is 5.52. The predicted molar refractivity (Wildman–Crippen MR) is 128 cm³/mol. The molecule has 2 aromatic heterocycles. The Morgan fingerprint density at radius 1 is 1.12 bits per heavy atom. The molecule has 0 aliphatic rings. The van der Waals surface area contributed by atoms with Gasteiger partial charge in [-0.25, -0.2) is 4.39 Å². The van der Waals surface area contributed by atoms with E-state index < -0.39 is 0 Å². The number of carbonyl (C=O) groups excluding carboxylic acids is 1. The van der Waals surface area contributed by atoms with E-state index in [2.05, 4.69) is 17.1 Å². The van der Waals surface area contributed by atoms with E-state index in [1.165, 1.54) is 23.9 Å². The molecule has 0 atom stereocenters. The van der Waals surface area contributed by atoms with Gasteiger partial charge in [-0.1, -0.05) is 55.8 Å². The maximum atomic E-state index is 13.4. The lowest BCUT2D eigenvalue weighted by Crippen LogP contribution is -2.28. The molecule has 0 bridgehead atoms. The lowest BCUT2D eigenvalue weighted by Gasteiger charge is -2.17. The van der Waals surface area contributed by atoms with Gasteiger partial charge < -0.3 is 4.90 Å². The van der Waals surface area contributed by atoms with Crippen LogP contribution in [-0.4, -0.2) is 42.8 Å². The van der Waals surface area contributed by atoms with E-state index in [1.807, 2.05) is 22.6 Å². The van der Waals surface area contributed by atoms with Crippen molar-refractivity contribution in [2.24, 2.45) is 0 Å².